The van der Waals surface area contributed by atoms with Gasteiger partial charge in [0.1, 0.15) is 6.04 Å². The van der Waals surface area contributed by atoms with Crippen LogP contribution in [0.2, 0.25) is 0 Å². The van der Waals surface area contributed by atoms with E-state index < -0.39 is 18.1 Å². The highest BCUT2D eigenvalue weighted by molar-refractivity contribution is 7.80. The van der Waals surface area contributed by atoms with E-state index in [9.17, 15) is 9.59 Å². The molecule has 0 saturated heterocycles. The van der Waals surface area contributed by atoms with Gasteiger partial charge >= 0.3 is 12.1 Å². The van der Waals surface area contributed by atoms with Gasteiger partial charge in [-0.1, -0.05) is 0 Å². The van der Waals surface area contributed by atoms with Crippen molar-refractivity contribution in [1.82, 2.24) is 5.32 Å². The Morgan fingerprint density at radius 2 is 2.27 bits per heavy atom. The molecule has 1 atom stereocenters. The maximum Gasteiger partial charge on any atom is 0.407 e. The van der Waals surface area contributed by atoms with Crippen LogP contribution in [0.15, 0.2) is 0 Å². The second-order valence-corrected chi connectivity index (χ2v) is 2.07. The van der Waals surface area contributed by atoms with Crippen molar-refractivity contribution in [2.24, 2.45) is 0 Å². The lowest BCUT2D eigenvalue weighted by Crippen LogP contribution is -2.41. The highest BCUT2D eigenvalue weighted by Crippen LogP contribution is 1.88. The van der Waals surface area contributed by atoms with Gasteiger partial charge in [-0.05, 0) is 0 Å². The number of methoxy groups -OCH3 is 1. The van der Waals surface area contributed by atoms with Crippen molar-refractivity contribution in [3.05, 3.63) is 0 Å². The lowest BCUT2D eigenvalue weighted by Gasteiger charge is -2.09. The number of carboxylic acids is 1. The Morgan fingerprint density at radius 3 is 2.55 bits per heavy atom. The largest absolute Gasteiger partial charge is 0.480 e. The number of alkyl carbamates (subject to hydrolysis) is 1. The van der Waals surface area contributed by atoms with Crippen LogP contribution in [0.3, 0.4) is 0 Å². The van der Waals surface area contributed by atoms with Gasteiger partial charge in [0.2, 0.25) is 0 Å². The van der Waals surface area contributed by atoms with Gasteiger partial charge in [-0.3, -0.25) is 0 Å². The van der Waals surface area contributed by atoms with Crippen LogP contribution >= 0.6 is 12.6 Å². The average molecular weight is 179 g/mol. The quantitative estimate of drug-likeness (QED) is 0.521. The molecule has 0 radical (unpaired) electrons. The smallest absolute Gasteiger partial charge is 0.407 e. The average Bonchev–Trinajstić information content (AvgIpc) is 1.99. The zero-order valence-electron chi connectivity index (χ0n) is 5.90. The molecule has 0 aliphatic carbocycles. The fraction of sp³-hybridized carbons (Fsp3) is 0.600. The summed E-state index contributed by atoms with van der Waals surface area (Å²) < 4.78 is 4.19. The first kappa shape index (κ1) is 10.1. The molecule has 0 aliphatic heterocycles. The zero-order valence-corrected chi connectivity index (χ0v) is 6.80. The molecule has 11 heavy (non-hydrogen) atoms. The van der Waals surface area contributed by atoms with Crippen molar-refractivity contribution in [2.75, 3.05) is 12.9 Å². The highest BCUT2D eigenvalue weighted by Gasteiger charge is 2.17. The highest BCUT2D eigenvalue weighted by atomic mass is 32.1. The Hall–Kier alpha value is -0.910. The van der Waals surface area contributed by atoms with Crippen LogP contribution in [0.1, 0.15) is 0 Å². The summed E-state index contributed by atoms with van der Waals surface area (Å²) in [6.45, 7) is 0. The van der Waals surface area contributed by atoms with Crippen molar-refractivity contribution in [2.45, 2.75) is 6.04 Å². The first-order valence-electron chi connectivity index (χ1n) is 2.80. The first-order chi connectivity index (χ1) is 5.11. The second-order valence-electron chi connectivity index (χ2n) is 1.71. The minimum Gasteiger partial charge on any atom is -0.480 e. The van der Waals surface area contributed by atoms with E-state index in [1.165, 1.54) is 0 Å². The normalized spacial score (nSPS) is 11.8. The number of hydrogen-bond acceptors (Lipinski definition) is 4. The van der Waals surface area contributed by atoms with E-state index in [-0.39, 0.29) is 5.75 Å². The summed E-state index contributed by atoms with van der Waals surface area (Å²) in [6.07, 6.45) is -0.772. The summed E-state index contributed by atoms with van der Waals surface area (Å²) in [5.41, 5.74) is 0. The van der Waals surface area contributed by atoms with Crippen LogP contribution in [0.5, 0.6) is 0 Å². The molecule has 5 nitrogen and oxygen atoms in total. The number of carbonyl (C=O) groups is 2. The van der Waals surface area contributed by atoms with Crippen LogP contribution < -0.4 is 5.32 Å². The van der Waals surface area contributed by atoms with E-state index in [4.69, 9.17) is 5.11 Å². The first-order valence-corrected chi connectivity index (χ1v) is 3.43. The minimum absolute atomic E-state index is 0.0322. The maximum absolute atomic E-state index is 10.5. The molecule has 2 N–H and O–H groups in total. The molecule has 0 aliphatic rings. The van der Waals surface area contributed by atoms with Gasteiger partial charge in [-0.15, -0.1) is 0 Å². The van der Waals surface area contributed by atoms with Gasteiger partial charge in [0.15, 0.2) is 0 Å². The SMILES string of the molecule is COC(=O)N[C@H](CS)C(=O)O. The standard InChI is InChI=1S/C5H9NO4S/c1-10-5(9)6-3(2-11)4(7)8/h3,11H,2H2,1H3,(H,6,9)(H,7,8)/t3-/m1/s1. The predicted octanol–water partition coefficient (Wildman–Crippen LogP) is -0.275. The lowest BCUT2D eigenvalue weighted by molar-refractivity contribution is -0.138. The molecule has 0 fully saturated rings. The molecule has 0 rings (SSSR count). The molecule has 0 aromatic rings. The summed E-state index contributed by atoms with van der Waals surface area (Å²) in [7, 11) is 1.16. The van der Waals surface area contributed by atoms with E-state index in [0.717, 1.165) is 7.11 Å². The van der Waals surface area contributed by atoms with Crippen molar-refractivity contribution in [3.63, 3.8) is 0 Å². The number of carboxylic acid groups (broad SMARTS) is 1. The van der Waals surface area contributed by atoms with Crippen molar-refractivity contribution in [1.29, 1.82) is 0 Å². The summed E-state index contributed by atoms with van der Waals surface area (Å²) in [6, 6.07) is -0.995. The molecule has 64 valence electrons. The van der Waals surface area contributed by atoms with Gasteiger partial charge in [-0.25, -0.2) is 9.59 Å². The van der Waals surface area contributed by atoms with Crippen molar-refractivity contribution in [3.8, 4) is 0 Å². The van der Waals surface area contributed by atoms with Gasteiger partial charge < -0.3 is 15.2 Å². The third-order valence-electron chi connectivity index (χ3n) is 0.958. The van der Waals surface area contributed by atoms with Crippen LogP contribution in [-0.4, -0.2) is 36.1 Å². The van der Waals surface area contributed by atoms with Crippen molar-refractivity contribution >= 4 is 24.7 Å². The molecule has 0 unspecified atom stereocenters. The van der Waals surface area contributed by atoms with Crippen molar-refractivity contribution < 1.29 is 19.4 Å². The molecule has 0 aromatic carbocycles. The van der Waals surface area contributed by atoms with Gasteiger partial charge in [0.05, 0.1) is 7.11 Å². The zero-order chi connectivity index (χ0) is 8.85. The molecule has 0 saturated carbocycles. The Balaban J connectivity index is 3.88. The molecule has 0 bridgehead atoms. The molecular weight excluding hydrogens is 170 g/mol. The van der Waals surface area contributed by atoms with Gasteiger partial charge in [0.25, 0.3) is 0 Å². The summed E-state index contributed by atoms with van der Waals surface area (Å²) in [5.74, 6) is -1.10. The number of nitrogens with one attached hydrogen (secondary N) is 1. The third-order valence-corrected chi connectivity index (χ3v) is 1.32. The Bertz CT molecular complexity index is 161. The number of aliphatic carboxylic acids is 1. The fourth-order valence-corrected chi connectivity index (χ4v) is 0.634. The number of hydrogen-bond donors (Lipinski definition) is 3. The number of carbonyl (C=O) groups excluding carboxylic acids is 1. The summed E-state index contributed by atoms with van der Waals surface area (Å²) in [4.78, 5) is 20.7. The van der Waals surface area contributed by atoms with Crippen LogP contribution in [0.25, 0.3) is 0 Å². The number of rotatable bonds is 3. The second kappa shape index (κ2) is 4.84. The number of amides is 1. The molecule has 0 aromatic heterocycles. The number of thiol groups is 1. The van der Waals surface area contributed by atoms with E-state index in [1.807, 2.05) is 0 Å². The van der Waals surface area contributed by atoms with Gasteiger partial charge in [-0.2, -0.15) is 12.6 Å². The maximum atomic E-state index is 10.5. The van der Waals surface area contributed by atoms with E-state index in [2.05, 4.69) is 22.7 Å². The molecule has 0 heterocycles. The predicted molar refractivity (Wildman–Crippen MR) is 40.8 cm³/mol. The third kappa shape index (κ3) is 3.72. The van der Waals surface area contributed by atoms with E-state index >= 15 is 0 Å². The van der Waals surface area contributed by atoms with Crippen LogP contribution in [0, 0.1) is 0 Å². The van der Waals surface area contributed by atoms with Crippen LogP contribution in [-0.2, 0) is 9.53 Å². The Labute approximate surface area is 69.1 Å². The Morgan fingerprint density at radius 1 is 1.73 bits per heavy atom. The molecule has 1 amide bonds. The summed E-state index contributed by atoms with van der Waals surface area (Å²) >= 11 is 3.72. The minimum atomic E-state index is -1.13. The Kier molecular flexibility index (Phi) is 4.44. The number of ether oxygens (including phenoxy) is 1. The lowest BCUT2D eigenvalue weighted by atomic mass is 10.3. The van der Waals surface area contributed by atoms with E-state index in [0.29, 0.717) is 0 Å². The molecular formula is C5H9NO4S. The molecule has 6 heteroatoms. The van der Waals surface area contributed by atoms with Crippen LogP contribution in [0.4, 0.5) is 4.79 Å². The monoisotopic (exact) mass is 179 g/mol. The fourth-order valence-electron chi connectivity index (χ4n) is 0.387. The van der Waals surface area contributed by atoms with E-state index in [1.54, 1.807) is 0 Å². The summed E-state index contributed by atoms with van der Waals surface area (Å²) in [5, 5.41) is 10.5. The topological polar surface area (TPSA) is 75.6 Å². The molecule has 0 spiro atoms. The van der Waals surface area contributed by atoms with Gasteiger partial charge in [0, 0.05) is 5.75 Å².